The summed E-state index contributed by atoms with van der Waals surface area (Å²) in [4.78, 5) is 15.4. The standard InChI is InChI=1S/C17H20N2OS/c1-12-5-7-13(8-6-12)11-18-16(20)15-10-14-4-3-9-19(2)17(14)21-15/h5-8,10H,3-4,9,11H2,1-2H3,(H,18,20). The van der Waals surface area contributed by atoms with Crippen molar-refractivity contribution in [3.8, 4) is 0 Å². The number of aryl methyl sites for hydroxylation is 2. The van der Waals surface area contributed by atoms with Gasteiger partial charge in [-0.3, -0.25) is 4.79 Å². The van der Waals surface area contributed by atoms with E-state index in [2.05, 4.69) is 54.5 Å². The predicted octanol–water partition coefficient (Wildman–Crippen LogP) is 3.37. The summed E-state index contributed by atoms with van der Waals surface area (Å²) in [6.45, 7) is 3.73. The van der Waals surface area contributed by atoms with E-state index in [-0.39, 0.29) is 5.91 Å². The quantitative estimate of drug-likeness (QED) is 0.942. The number of amides is 1. The van der Waals surface area contributed by atoms with Crippen LogP contribution < -0.4 is 10.2 Å². The van der Waals surface area contributed by atoms with Crippen molar-refractivity contribution in [1.82, 2.24) is 5.32 Å². The van der Waals surface area contributed by atoms with E-state index in [9.17, 15) is 4.79 Å². The van der Waals surface area contributed by atoms with Crippen LogP contribution in [-0.2, 0) is 13.0 Å². The van der Waals surface area contributed by atoms with Crippen molar-refractivity contribution < 1.29 is 4.79 Å². The molecule has 0 bridgehead atoms. The molecule has 1 N–H and O–H groups in total. The number of anilines is 1. The molecule has 110 valence electrons. The average molecular weight is 300 g/mol. The molecule has 1 aromatic carbocycles. The third kappa shape index (κ3) is 3.10. The number of carbonyl (C=O) groups is 1. The van der Waals surface area contributed by atoms with Crippen molar-refractivity contribution in [1.29, 1.82) is 0 Å². The molecule has 0 saturated heterocycles. The van der Waals surface area contributed by atoms with Crippen molar-refractivity contribution >= 4 is 22.2 Å². The topological polar surface area (TPSA) is 32.3 Å². The average Bonchev–Trinajstić information content (AvgIpc) is 2.92. The van der Waals surface area contributed by atoms with Crippen LogP contribution in [0.5, 0.6) is 0 Å². The van der Waals surface area contributed by atoms with Gasteiger partial charge < -0.3 is 10.2 Å². The number of nitrogens with one attached hydrogen (secondary N) is 1. The van der Waals surface area contributed by atoms with E-state index in [4.69, 9.17) is 0 Å². The second-order valence-electron chi connectivity index (χ2n) is 5.63. The zero-order chi connectivity index (χ0) is 14.8. The van der Waals surface area contributed by atoms with Gasteiger partial charge in [0.25, 0.3) is 5.91 Å². The third-order valence-electron chi connectivity index (χ3n) is 3.87. The minimum Gasteiger partial charge on any atom is -0.366 e. The largest absolute Gasteiger partial charge is 0.366 e. The van der Waals surface area contributed by atoms with Gasteiger partial charge in [0.2, 0.25) is 0 Å². The van der Waals surface area contributed by atoms with E-state index in [0.717, 1.165) is 23.4 Å². The van der Waals surface area contributed by atoms with Crippen LogP contribution >= 0.6 is 11.3 Å². The van der Waals surface area contributed by atoms with E-state index in [1.54, 1.807) is 11.3 Å². The van der Waals surface area contributed by atoms with Crippen LogP contribution in [0.1, 0.15) is 32.8 Å². The van der Waals surface area contributed by atoms with Gasteiger partial charge >= 0.3 is 0 Å². The Bertz CT molecular complexity index is 645. The normalized spacial score (nSPS) is 13.9. The van der Waals surface area contributed by atoms with Crippen molar-refractivity contribution in [3.05, 3.63) is 51.9 Å². The second-order valence-corrected chi connectivity index (χ2v) is 6.67. The summed E-state index contributed by atoms with van der Waals surface area (Å²) in [6.07, 6.45) is 2.26. The van der Waals surface area contributed by atoms with E-state index in [0.29, 0.717) is 6.54 Å². The molecule has 0 unspecified atom stereocenters. The molecule has 4 heteroatoms. The fourth-order valence-electron chi connectivity index (χ4n) is 2.62. The number of fused-ring (bicyclic) bond motifs is 1. The first-order valence-corrected chi connectivity index (χ1v) is 8.13. The predicted molar refractivity (Wildman–Crippen MR) is 88.3 cm³/mol. The SMILES string of the molecule is Cc1ccc(CNC(=O)c2cc3c(s2)N(C)CCC3)cc1. The number of hydrogen-bond acceptors (Lipinski definition) is 3. The van der Waals surface area contributed by atoms with E-state index in [1.165, 1.54) is 22.5 Å². The lowest BCUT2D eigenvalue weighted by molar-refractivity contribution is 0.0955. The van der Waals surface area contributed by atoms with Gasteiger partial charge in [-0.2, -0.15) is 0 Å². The maximum absolute atomic E-state index is 12.3. The van der Waals surface area contributed by atoms with E-state index >= 15 is 0 Å². The smallest absolute Gasteiger partial charge is 0.261 e. The van der Waals surface area contributed by atoms with Crippen LogP contribution in [0.3, 0.4) is 0 Å². The Morgan fingerprint density at radius 2 is 2.10 bits per heavy atom. The fraction of sp³-hybridized carbons (Fsp3) is 0.353. The Balaban J connectivity index is 1.67. The molecule has 1 amide bonds. The van der Waals surface area contributed by atoms with Gasteiger partial charge in [-0.15, -0.1) is 11.3 Å². The molecular formula is C17H20N2OS. The number of rotatable bonds is 3. The highest BCUT2D eigenvalue weighted by Gasteiger charge is 2.20. The van der Waals surface area contributed by atoms with Crippen LogP contribution in [0, 0.1) is 6.92 Å². The first-order valence-electron chi connectivity index (χ1n) is 7.31. The first kappa shape index (κ1) is 14.1. The molecule has 1 aromatic heterocycles. The van der Waals surface area contributed by atoms with Crippen LogP contribution in [0.15, 0.2) is 30.3 Å². The summed E-state index contributed by atoms with van der Waals surface area (Å²) in [7, 11) is 2.10. The highest BCUT2D eigenvalue weighted by molar-refractivity contribution is 7.18. The van der Waals surface area contributed by atoms with Gasteiger partial charge in [-0.25, -0.2) is 0 Å². The molecule has 1 aliphatic rings. The van der Waals surface area contributed by atoms with Crippen molar-refractivity contribution in [2.45, 2.75) is 26.3 Å². The molecule has 2 aromatic rings. The first-order chi connectivity index (χ1) is 10.1. The van der Waals surface area contributed by atoms with Crippen LogP contribution in [-0.4, -0.2) is 19.5 Å². The van der Waals surface area contributed by atoms with Crippen molar-refractivity contribution in [2.75, 3.05) is 18.5 Å². The van der Waals surface area contributed by atoms with Gasteiger partial charge in [-0.05, 0) is 37.0 Å². The molecule has 0 radical (unpaired) electrons. The molecular weight excluding hydrogens is 280 g/mol. The zero-order valence-electron chi connectivity index (χ0n) is 12.5. The number of hydrogen-bond donors (Lipinski definition) is 1. The molecule has 0 spiro atoms. The minimum atomic E-state index is 0.0309. The molecule has 0 aliphatic carbocycles. The monoisotopic (exact) mass is 300 g/mol. The molecule has 0 fully saturated rings. The summed E-state index contributed by atoms with van der Waals surface area (Å²) >= 11 is 1.60. The molecule has 21 heavy (non-hydrogen) atoms. The van der Waals surface area contributed by atoms with Crippen LogP contribution in [0.2, 0.25) is 0 Å². The Kier molecular flexibility index (Phi) is 3.97. The Labute approximate surface area is 129 Å². The summed E-state index contributed by atoms with van der Waals surface area (Å²) in [6, 6.07) is 10.3. The summed E-state index contributed by atoms with van der Waals surface area (Å²) in [5, 5.41) is 4.26. The Morgan fingerprint density at radius 3 is 2.81 bits per heavy atom. The van der Waals surface area contributed by atoms with E-state index < -0.39 is 0 Å². The maximum Gasteiger partial charge on any atom is 0.261 e. The zero-order valence-corrected chi connectivity index (χ0v) is 13.3. The lowest BCUT2D eigenvalue weighted by atomic mass is 10.1. The third-order valence-corrected chi connectivity index (χ3v) is 5.16. The van der Waals surface area contributed by atoms with Crippen molar-refractivity contribution in [2.24, 2.45) is 0 Å². The number of carbonyl (C=O) groups excluding carboxylic acids is 1. The number of nitrogens with zero attached hydrogens (tertiary/aromatic N) is 1. The van der Waals surface area contributed by atoms with Crippen molar-refractivity contribution in [3.63, 3.8) is 0 Å². The molecule has 0 atom stereocenters. The highest BCUT2D eigenvalue weighted by atomic mass is 32.1. The van der Waals surface area contributed by atoms with E-state index in [1.807, 2.05) is 0 Å². The molecule has 0 saturated carbocycles. The molecule has 2 heterocycles. The molecule has 3 nitrogen and oxygen atoms in total. The van der Waals surface area contributed by atoms with Gasteiger partial charge in [0.15, 0.2) is 0 Å². The lowest BCUT2D eigenvalue weighted by Crippen LogP contribution is -2.22. The summed E-state index contributed by atoms with van der Waals surface area (Å²) < 4.78 is 0. The van der Waals surface area contributed by atoms with Gasteiger partial charge in [0.1, 0.15) is 0 Å². The molecule has 1 aliphatic heterocycles. The number of benzene rings is 1. The van der Waals surface area contributed by atoms with Gasteiger partial charge in [-0.1, -0.05) is 29.8 Å². The second kappa shape index (κ2) is 5.90. The van der Waals surface area contributed by atoms with Gasteiger partial charge in [0, 0.05) is 20.1 Å². The fourth-order valence-corrected chi connectivity index (χ4v) is 3.73. The minimum absolute atomic E-state index is 0.0309. The molecule has 3 rings (SSSR count). The lowest BCUT2D eigenvalue weighted by Gasteiger charge is -2.23. The Hall–Kier alpha value is -1.81. The van der Waals surface area contributed by atoms with Gasteiger partial charge in [0.05, 0.1) is 9.88 Å². The summed E-state index contributed by atoms with van der Waals surface area (Å²) in [5.74, 6) is 0.0309. The summed E-state index contributed by atoms with van der Waals surface area (Å²) in [5.41, 5.74) is 3.68. The van der Waals surface area contributed by atoms with Crippen LogP contribution in [0.4, 0.5) is 5.00 Å². The number of thiophene rings is 1. The highest BCUT2D eigenvalue weighted by Crippen LogP contribution is 2.34. The van der Waals surface area contributed by atoms with Crippen LogP contribution in [0.25, 0.3) is 0 Å². The Morgan fingerprint density at radius 1 is 1.33 bits per heavy atom. The maximum atomic E-state index is 12.3.